The van der Waals surface area contributed by atoms with Crippen LogP contribution < -0.4 is 20.9 Å². The average Bonchev–Trinajstić information content (AvgIpc) is 3.08. The highest BCUT2D eigenvalue weighted by Crippen LogP contribution is 2.21. The van der Waals surface area contributed by atoms with E-state index >= 15 is 0 Å². The second-order valence-corrected chi connectivity index (χ2v) is 6.94. The molecule has 1 fully saturated rings. The Labute approximate surface area is 164 Å². The molecule has 1 aliphatic rings. The fourth-order valence-electron chi connectivity index (χ4n) is 3.33. The van der Waals surface area contributed by atoms with Gasteiger partial charge in [-0.3, -0.25) is 14.5 Å². The Morgan fingerprint density at radius 2 is 1.71 bits per heavy atom. The number of hydrogen-bond acceptors (Lipinski definition) is 3. The summed E-state index contributed by atoms with van der Waals surface area (Å²) in [5.74, 6) is -0.626. The van der Waals surface area contributed by atoms with Gasteiger partial charge in [0.25, 0.3) is 5.91 Å². The van der Waals surface area contributed by atoms with Gasteiger partial charge in [-0.1, -0.05) is 17.7 Å². The maximum atomic E-state index is 12.3. The molecule has 0 radical (unpaired) electrons. The second-order valence-electron chi connectivity index (χ2n) is 6.94. The van der Waals surface area contributed by atoms with Crippen molar-refractivity contribution in [1.29, 1.82) is 0 Å². The van der Waals surface area contributed by atoms with Gasteiger partial charge in [-0.15, -0.1) is 0 Å². The second kappa shape index (κ2) is 8.12. The molecule has 2 aromatic rings. The molecule has 0 bridgehead atoms. The van der Waals surface area contributed by atoms with Gasteiger partial charge in [-0.2, -0.15) is 0 Å². The minimum atomic E-state index is -0.343. The van der Waals surface area contributed by atoms with Crippen molar-refractivity contribution in [3.63, 3.8) is 0 Å². The summed E-state index contributed by atoms with van der Waals surface area (Å²) in [7, 11) is 0. The van der Waals surface area contributed by atoms with Crippen molar-refractivity contribution in [3.05, 3.63) is 58.7 Å². The van der Waals surface area contributed by atoms with Crippen molar-refractivity contribution in [3.8, 4) is 0 Å². The lowest BCUT2D eigenvalue weighted by molar-refractivity contribution is -0.115. The molecule has 0 aliphatic carbocycles. The summed E-state index contributed by atoms with van der Waals surface area (Å²) < 4.78 is 0. The Hall–Kier alpha value is -3.35. The van der Waals surface area contributed by atoms with Crippen LogP contribution in [0.3, 0.4) is 0 Å². The third-order valence-corrected chi connectivity index (χ3v) is 4.65. The molecule has 4 amide bonds. The number of anilines is 2. The van der Waals surface area contributed by atoms with Crippen LogP contribution in [0.4, 0.5) is 16.2 Å². The smallest absolute Gasteiger partial charge is 0.321 e. The van der Waals surface area contributed by atoms with Crippen molar-refractivity contribution in [2.75, 3.05) is 29.9 Å². The molecule has 1 aliphatic heterocycles. The third-order valence-electron chi connectivity index (χ3n) is 4.65. The Bertz CT molecular complexity index is 899. The molecule has 7 nitrogen and oxygen atoms in total. The molecule has 0 spiro atoms. The van der Waals surface area contributed by atoms with Crippen LogP contribution in [-0.4, -0.2) is 37.5 Å². The predicted octanol–water partition coefficient (Wildman–Crippen LogP) is 2.51. The summed E-state index contributed by atoms with van der Waals surface area (Å²) in [6.45, 7) is 6.97. The van der Waals surface area contributed by atoms with E-state index in [0.717, 1.165) is 28.1 Å². The monoisotopic (exact) mass is 380 g/mol. The van der Waals surface area contributed by atoms with Crippen molar-refractivity contribution in [1.82, 2.24) is 10.6 Å². The van der Waals surface area contributed by atoms with Gasteiger partial charge in [0, 0.05) is 30.0 Å². The highest BCUT2D eigenvalue weighted by Gasteiger charge is 2.21. The number of nitrogens with one attached hydrogen (secondary N) is 3. The molecular formula is C21H24N4O3. The van der Waals surface area contributed by atoms with E-state index < -0.39 is 0 Å². The number of hydrogen-bond donors (Lipinski definition) is 3. The van der Waals surface area contributed by atoms with Crippen molar-refractivity contribution in [2.45, 2.75) is 20.8 Å². The van der Waals surface area contributed by atoms with E-state index in [2.05, 4.69) is 16.0 Å². The maximum Gasteiger partial charge on any atom is 0.321 e. The molecule has 28 heavy (non-hydrogen) atoms. The molecule has 3 rings (SSSR count). The quantitative estimate of drug-likeness (QED) is 0.744. The fraction of sp³-hybridized carbons (Fsp3) is 0.286. The number of nitrogens with zero attached hydrogens (tertiary/aromatic N) is 1. The summed E-state index contributed by atoms with van der Waals surface area (Å²) in [5, 5.41) is 8.21. The standard InChI is InChI=1S/C21H24N4O3/c1-13-10-14(2)19(15(3)11-13)24-18(26)12-23-20(27)16-4-6-17(7-5-16)25-9-8-22-21(25)28/h4-7,10-11H,8-9,12H2,1-3H3,(H,22,28)(H,23,27)(H,24,26). The van der Waals surface area contributed by atoms with Gasteiger partial charge in [-0.25, -0.2) is 4.79 Å². The van der Waals surface area contributed by atoms with Crippen LogP contribution in [-0.2, 0) is 4.79 Å². The Morgan fingerprint density at radius 1 is 1.07 bits per heavy atom. The maximum absolute atomic E-state index is 12.3. The van der Waals surface area contributed by atoms with E-state index in [1.165, 1.54) is 0 Å². The van der Waals surface area contributed by atoms with Gasteiger partial charge in [0.05, 0.1) is 6.54 Å². The minimum Gasteiger partial charge on any atom is -0.343 e. The zero-order chi connectivity index (χ0) is 20.3. The highest BCUT2D eigenvalue weighted by atomic mass is 16.2. The number of carbonyl (C=O) groups is 3. The van der Waals surface area contributed by atoms with E-state index in [1.54, 1.807) is 29.2 Å². The zero-order valence-electron chi connectivity index (χ0n) is 16.3. The van der Waals surface area contributed by atoms with Crippen LogP contribution in [0.25, 0.3) is 0 Å². The number of aryl methyl sites for hydroxylation is 3. The highest BCUT2D eigenvalue weighted by molar-refractivity contribution is 6.00. The van der Waals surface area contributed by atoms with E-state index in [4.69, 9.17) is 0 Å². The topological polar surface area (TPSA) is 90.5 Å². The SMILES string of the molecule is Cc1cc(C)c(NC(=O)CNC(=O)c2ccc(N3CCNC3=O)cc2)c(C)c1. The molecule has 7 heteroatoms. The van der Waals surface area contributed by atoms with Crippen molar-refractivity contribution < 1.29 is 14.4 Å². The Kier molecular flexibility index (Phi) is 5.63. The van der Waals surface area contributed by atoms with Crippen LogP contribution in [0.5, 0.6) is 0 Å². The number of rotatable bonds is 5. The summed E-state index contributed by atoms with van der Waals surface area (Å²) in [6.07, 6.45) is 0. The summed E-state index contributed by atoms with van der Waals surface area (Å²) in [6, 6.07) is 10.6. The fourth-order valence-corrected chi connectivity index (χ4v) is 3.33. The van der Waals surface area contributed by atoms with E-state index in [9.17, 15) is 14.4 Å². The molecule has 1 heterocycles. The molecule has 0 saturated carbocycles. The van der Waals surface area contributed by atoms with E-state index in [0.29, 0.717) is 18.7 Å². The lowest BCUT2D eigenvalue weighted by atomic mass is 10.1. The molecular weight excluding hydrogens is 356 g/mol. The van der Waals surface area contributed by atoms with Gasteiger partial charge in [-0.05, 0) is 56.2 Å². The molecule has 146 valence electrons. The number of benzene rings is 2. The lowest BCUT2D eigenvalue weighted by Gasteiger charge is -2.15. The summed E-state index contributed by atoms with van der Waals surface area (Å²) in [4.78, 5) is 37.8. The Morgan fingerprint density at radius 3 is 2.29 bits per heavy atom. The number of amides is 4. The molecule has 2 aromatic carbocycles. The molecule has 1 saturated heterocycles. The van der Waals surface area contributed by atoms with Crippen LogP contribution in [0.15, 0.2) is 36.4 Å². The molecule has 0 atom stereocenters. The first-order valence-corrected chi connectivity index (χ1v) is 9.16. The zero-order valence-corrected chi connectivity index (χ0v) is 16.3. The number of urea groups is 1. The molecule has 3 N–H and O–H groups in total. The first-order chi connectivity index (χ1) is 13.3. The van der Waals surface area contributed by atoms with E-state index in [-0.39, 0.29) is 24.4 Å². The average molecular weight is 380 g/mol. The first kappa shape index (κ1) is 19.4. The summed E-state index contributed by atoms with van der Waals surface area (Å²) in [5.41, 5.74) is 5.04. The summed E-state index contributed by atoms with van der Waals surface area (Å²) >= 11 is 0. The van der Waals surface area contributed by atoms with Gasteiger partial charge in [0.15, 0.2) is 0 Å². The van der Waals surface area contributed by atoms with Crippen molar-refractivity contribution in [2.24, 2.45) is 0 Å². The lowest BCUT2D eigenvalue weighted by Crippen LogP contribution is -2.33. The van der Waals surface area contributed by atoms with Crippen LogP contribution in [0.2, 0.25) is 0 Å². The number of carbonyl (C=O) groups excluding carboxylic acids is 3. The van der Waals surface area contributed by atoms with E-state index in [1.807, 2.05) is 32.9 Å². The van der Waals surface area contributed by atoms with Crippen molar-refractivity contribution >= 4 is 29.2 Å². The van der Waals surface area contributed by atoms with Gasteiger partial charge < -0.3 is 16.0 Å². The third kappa shape index (κ3) is 4.31. The van der Waals surface area contributed by atoms with Crippen LogP contribution in [0, 0.1) is 20.8 Å². The first-order valence-electron chi connectivity index (χ1n) is 9.16. The van der Waals surface area contributed by atoms with Crippen LogP contribution in [0.1, 0.15) is 27.0 Å². The van der Waals surface area contributed by atoms with Crippen LogP contribution >= 0.6 is 0 Å². The predicted molar refractivity (Wildman–Crippen MR) is 109 cm³/mol. The van der Waals surface area contributed by atoms with Gasteiger partial charge in [0.2, 0.25) is 5.91 Å². The van der Waals surface area contributed by atoms with Gasteiger partial charge in [0.1, 0.15) is 0 Å². The van der Waals surface area contributed by atoms with Gasteiger partial charge >= 0.3 is 6.03 Å². The minimum absolute atomic E-state index is 0.123. The normalized spacial score (nSPS) is 13.2. The molecule has 0 aromatic heterocycles. The molecule has 0 unspecified atom stereocenters. The Balaban J connectivity index is 1.56. The largest absolute Gasteiger partial charge is 0.343 e.